The molecule has 0 unspecified atom stereocenters. The molecule has 0 fully saturated rings. The van der Waals surface area contributed by atoms with Crippen LogP contribution in [0.25, 0.3) is 23.3 Å². The SMILES string of the molecule is C1=C\n2c(nc3ccccc32)/C=C\OC/1. The van der Waals surface area contributed by atoms with Gasteiger partial charge in [0.2, 0.25) is 0 Å². The van der Waals surface area contributed by atoms with Crippen LogP contribution in [0, 0.1) is 0 Å². The fourth-order valence-electron chi connectivity index (χ4n) is 1.71. The molecule has 0 N–H and O–H groups in total. The van der Waals surface area contributed by atoms with E-state index in [1.165, 1.54) is 0 Å². The molecule has 0 saturated heterocycles. The van der Waals surface area contributed by atoms with Crippen LogP contribution in [0.5, 0.6) is 0 Å². The van der Waals surface area contributed by atoms with E-state index in [9.17, 15) is 0 Å². The second kappa shape index (κ2) is 3.28. The summed E-state index contributed by atoms with van der Waals surface area (Å²) in [5.41, 5.74) is 2.12. The summed E-state index contributed by atoms with van der Waals surface area (Å²) in [6.07, 6.45) is 7.53. The standard InChI is InChI=1S/C12H10N2O/c1-2-5-11-10(4-1)13-12-6-9-15-8-3-7-14(11)12/h1-7,9H,8H2/b7-3-,9-6-. The van der Waals surface area contributed by atoms with Crippen LogP contribution in [0.4, 0.5) is 0 Å². The van der Waals surface area contributed by atoms with Crippen molar-refractivity contribution in [2.45, 2.75) is 0 Å². The Morgan fingerprint density at radius 3 is 3.20 bits per heavy atom. The second-order valence-corrected chi connectivity index (χ2v) is 3.35. The average Bonchev–Trinajstić information content (AvgIpc) is 2.55. The normalized spacial score (nSPS) is 18.7. The molecule has 0 spiro atoms. The quantitative estimate of drug-likeness (QED) is 0.650. The predicted octanol–water partition coefficient (Wildman–Crippen LogP) is 2.51. The number of benzene rings is 1. The Bertz CT molecular complexity index is 552. The van der Waals surface area contributed by atoms with Crippen LogP contribution in [0.1, 0.15) is 5.82 Å². The number of nitrogens with zero attached hydrogens (tertiary/aromatic N) is 2. The van der Waals surface area contributed by atoms with E-state index in [0.717, 1.165) is 16.9 Å². The molecule has 0 bridgehead atoms. The van der Waals surface area contributed by atoms with Crippen LogP contribution in [0.2, 0.25) is 0 Å². The fraction of sp³-hybridized carbons (Fsp3) is 0.0833. The van der Waals surface area contributed by atoms with Crippen molar-refractivity contribution in [3.8, 4) is 0 Å². The molecule has 0 amide bonds. The van der Waals surface area contributed by atoms with Crippen LogP contribution in [0.15, 0.2) is 36.6 Å². The maximum atomic E-state index is 5.21. The zero-order chi connectivity index (χ0) is 10.1. The average molecular weight is 198 g/mol. The number of hydrogen-bond donors (Lipinski definition) is 0. The van der Waals surface area contributed by atoms with E-state index in [0.29, 0.717) is 6.61 Å². The number of fused-ring (bicyclic) bond motifs is 3. The first kappa shape index (κ1) is 8.29. The van der Waals surface area contributed by atoms with Crippen LogP contribution in [-0.2, 0) is 4.74 Å². The van der Waals surface area contributed by atoms with E-state index in [4.69, 9.17) is 4.74 Å². The molecule has 0 atom stereocenters. The van der Waals surface area contributed by atoms with E-state index in [2.05, 4.69) is 15.6 Å². The van der Waals surface area contributed by atoms with Gasteiger partial charge in [0, 0.05) is 12.3 Å². The zero-order valence-corrected chi connectivity index (χ0v) is 8.13. The summed E-state index contributed by atoms with van der Waals surface area (Å²) in [5.74, 6) is 0.896. The van der Waals surface area contributed by atoms with Crippen molar-refractivity contribution in [3.05, 3.63) is 42.4 Å². The Labute approximate surface area is 87.3 Å². The Balaban J connectivity index is 2.33. The summed E-state index contributed by atoms with van der Waals surface area (Å²) in [4.78, 5) is 4.50. The maximum absolute atomic E-state index is 5.21. The van der Waals surface area contributed by atoms with Gasteiger partial charge in [-0.3, -0.25) is 4.57 Å². The van der Waals surface area contributed by atoms with E-state index in [1.807, 2.05) is 36.6 Å². The molecule has 2 aromatic rings. The van der Waals surface area contributed by atoms with Crippen molar-refractivity contribution in [3.63, 3.8) is 0 Å². The van der Waals surface area contributed by atoms with Crippen molar-refractivity contribution in [2.75, 3.05) is 6.61 Å². The lowest BCUT2D eigenvalue weighted by Gasteiger charge is -2.03. The number of ether oxygens (including phenoxy) is 1. The van der Waals surface area contributed by atoms with Crippen molar-refractivity contribution < 1.29 is 4.74 Å². The topological polar surface area (TPSA) is 27.1 Å². The third-order valence-electron chi connectivity index (χ3n) is 2.38. The molecule has 2 heterocycles. The van der Waals surface area contributed by atoms with Gasteiger partial charge in [0.25, 0.3) is 0 Å². The molecular formula is C12H10N2O. The molecule has 74 valence electrons. The summed E-state index contributed by atoms with van der Waals surface area (Å²) in [6.45, 7) is 0.600. The molecule has 0 aliphatic carbocycles. The molecule has 3 nitrogen and oxygen atoms in total. The summed E-state index contributed by atoms with van der Waals surface area (Å²) in [5, 5.41) is 0. The van der Waals surface area contributed by atoms with Gasteiger partial charge in [-0.2, -0.15) is 0 Å². The minimum absolute atomic E-state index is 0.600. The van der Waals surface area contributed by atoms with Crippen molar-refractivity contribution >= 4 is 23.3 Å². The van der Waals surface area contributed by atoms with Gasteiger partial charge < -0.3 is 4.74 Å². The first-order valence-corrected chi connectivity index (χ1v) is 4.87. The molecule has 15 heavy (non-hydrogen) atoms. The minimum Gasteiger partial charge on any atom is -0.497 e. The summed E-state index contributed by atoms with van der Waals surface area (Å²) in [7, 11) is 0. The first-order chi connectivity index (χ1) is 7.45. The summed E-state index contributed by atoms with van der Waals surface area (Å²) in [6, 6.07) is 8.08. The number of para-hydroxylation sites is 2. The predicted molar refractivity (Wildman–Crippen MR) is 60.0 cm³/mol. The Kier molecular flexibility index (Phi) is 1.81. The fourth-order valence-corrected chi connectivity index (χ4v) is 1.71. The Morgan fingerprint density at radius 2 is 2.20 bits per heavy atom. The Hall–Kier alpha value is -2.03. The first-order valence-electron chi connectivity index (χ1n) is 4.87. The Morgan fingerprint density at radius 1 is 1.27 bits per heavy atom. The van der Waals surface area contributed by atoms with Crippen molar-refractivity contribution in [1.29, 1.82) is 0 Å². The van der Waals surface area contributed by atoms with Gasteiger partial charge in [-0.15, -0.1) is 0 Å². The lowest BCUT2D eigenvalue weighted by Crippen LogP contribution is -1.94. The van der Waals surface area contributed by atoms with E-state index in [1.54, 1.807) is 6.26 Å². The number of hydrogen-bond acceptors (Lipinski definition) is 2. The van der Waals surface area contributed by atoms with Gasteiger partial charge in [-0.05, 0) is 18.2 Å². The third kappa shape index (κ3) is 1.32. The van der Waals surface area contributed by atoms with Gasteiger partial charge in [0.1, 0.15) is 12.4 Å². The van der Waals surface area contributed by atoms with E-state index in [-0.39, 0.29) is 0 Å². The molecule has 1 aromatic carbocycles. The largest absolute Gasteiger partial charge is 0.497 e. The highest BCUT2D eigenvalue weighted by atomic mass is 16.5. The minimum atomic E-state index is 0.600. The van der Waals surface area contributed by atoms with Gasteiger partial charge in [0.05, 0.1) is 17.3 Å². The number of rotatable bonds is 0. The molecule has 3 rings (SSSR count). The van der Waals surface area contributed by atoms with Crippen molar-refractivity contribution in [2.24, 2.45) is 0 Å². The molecule has 1 aromatic heterocycles. The summed E-state index contributed by atoms with van der Waals surface area (Å²) >= 11 is 0. The van der Waals surface area contributed by atoms with Gasteiger partial charge >= 0.3 is 0 Å². The molecule has 0 saturated carbocycles. The lowest BCUT2D eigenvalue weighted by molar-refractivity contribution is 0.292. The molecule has 0 radical (unpaired) electrons. The van der Waals surface area contributed by atoms with Gasteiger partial charge in [-0.1, -0.05) is 12.1 Å². The maximum Gasteiger partial charge on any atom is 0.140 e. The second-order valence-electron chi connectivity index (χ2n) is 3.35. The molecule has 1 aliphatic heterocycles. The monoisotopic (exact) mass is 198 g/mol. The number of imidazole rings is 1. The van der Waals surface area contributed by atoms with E-state index < -0.39 is 0 Å². The van der Waals surface area contributed by atoms with E-state index >= 15 is 0 Å². The molecule has 1 aliphatic rings. The molecule has 3 heteroatoms. The highest BCUT2D eigenvalue weighted by molar-refractivity contribution is 5.80. The van der Waals surface area contributed by atoms with Crippen LogP contribution < -0.4 is 0 Å². The van der Waals surface area contributed by atoms with Crippen LogP contribution in [-0.4, -0.2) is 16.2 Å². The summed E-state index contributed by atoms with van der Waals surface area (Å²) < 4.78 is 7.27. The molecular weight excluding hydrogens is 188 g/mol. The van der Waals surface area contributed by atoms with Gasteiger partial charge in [-0.25, -0.2) is 4.98 Å². The highest BCUT2D eigenvalue weighted by Crippen LogP contribution is 2.18. The van der Waals surface area contributed by atoms with Gasteiger partial charge in [0.15, 0.2) is 0 Å². The smallest absolute Gasteiger partial charge is 0.140 e. The third-order valence-corrected chi connectivity index (χ3v) is 2.38. The van der Waals surface area contributed by atoms with Crippen LogP contribution >= 0.6 is 0 Å². The zero-order valence-electron chi connectivity index (χ0n) is 8.13. The lowest BCUT2D eigenvalue weighted by atomic mass is 10.3. The van der Waals surface area contributed by atoms with Crippen molar-refractivity contribution in [1.82, 2.24) is 9.55 Å². The highest BCUT2D eigenvalue weighted by Gasteiger charge is 2.06. The van der Waals surface area contributed by atoms with Crippen LogP contribution in [0.3, 0.4) is 0 Å². The number of aromatic nitrogens is 2.